The molecule has 0 unspecified atom stereocenters. The Morgan fingerprint density at radius 2 is 1.32 bits per heavy atom. The SMILES string of the molecule is COc1ccc(CN(Cc2ccc(OC)cc2)c2cc(Br)c(I)cc2F)cc1. The van der Waals surface area contributed by atoms with Crippen molar-refractivity contribution in [1.29, 1.82) is 0 Å². The summed E-state index contributed by atoms with van der Waals surface area (Å²) in [5.74, 6) is 1.36. The summed E-state index contributed by atoms with van der Waals surface area (Å²) in [6.07, 6.45) is 0. The molecule has 0 spiro atoms. The van der Waals surface area contributed by atoms with E-state index in [-0.39, 0.29) is 5.82 Å². The average molecular weight is 556 g/mol. The molecule has 3 rings (SSSR count). The van der Waals surface area contributed by atoms with Crippen molar-refractivity contribution in [3.8, 4) is 11.5 Å². The van der Waals surface area contributed by atoms with E-state index in [1.54, 1.807) is 20.3 Å². The van der Waals surface area contributed by atoms with Crippen molar-refractivity contribution in [1.82, 2.24) is 0 Å². The lowest BCUT2D eigenvalue weighted by atomic mass is 10.1. The Bertz CT molecular complexity index is 883. The van der Waals surface area contributed by atoms with Crippen LogP contribution in [0.5, 0.6) is 11.5 Å². The van der Waals surface area contributed by atoms with E-state index in [0.717, 1.165) is 30.7 Å². The third-order valence-electron chi connectivity index (χ3n) is 4.40. The van der Waals surface area contributed by atoms with Gasteiger partial charge in [0.1, 0.15) is 17.3 Å². The number of halogens is 3. The van der Waals surface area contributed by atoms with Crippen LogP contribution in [0.3, 0.4) is 0 Å². The Morgan fingerprint density at radius 3 is 1.75 bits per heavy atom. The number of nitrogens with zero attached hydrogens (tertiary/aromatic N) is 1. The molecule has 3 aromatic rings. The van der Waals surface area contributed by atoms with E-state index in [1.165, 1.54) is 0 Å². The second-order valence-corrected chi connectivity index (χ2v) is 8.29. The zero-order chi connectivity index (χ0) is 20.1. The maximum absolute atomic E-state index is 14.8. The van der Waals surface area contributed by atoms with Gasteiger partial charge in [0.05, 0.1) is 19.9 Å². The molecule has 0 fully saturated rings. The fraction of sp³-hybridized carbons (Fsp3) is 0.182. The van der Waals surface area contributed by atoms with Gasteiger partial charge in [-0.3, -0.25) is 0 Å². The van der Waals surface area contributed by atoms with Crippen LogP contribution in [0.4, 0.5) is 10.1 Å². The number of ether oxygens (including phenoxy) is 2. The molecule has 3 nitrogen and oxygen atoms in total. The van der Waals surface area contributed by atoms with Crippen LogP contribution in [0.2, 0.25) is 0 Å². The highest BCUT2D eigenvalue weighted by molar-refractivity contribution is 14.1. The minimum absolute atomic E-state index is 0.241. The number of hydrogen-bond donors (Lipinski definition) is 0. The largest absolute Gasteiger partial charge is 0.497 e. The van der Waals surface area contributed by atoms with Crippen LogP contribution in [0.25, 0.3) is 0 Å². The second kappa shape index (κ2) is 9.60. The smallest absolute Gasteiger partial charge is 0.147 e. The van der Waals surface area contributed by atoms with Crippen molar-refractivity contribution in [3.63, 3.8) is 0 Å². The van der Waals surface area contributed by atoms with E-state index in [9.17, 15) is 4.39 Å². The van der Waals surface area contributed by atoms with Crippen molar-refractivity contribution in [2.24, 2.45) is 0 Å². The predicted octanol–water partition coefficient (Wildman–Crippen LogP) is 6.42. The minimum atomic E-state index is -0.241. The summed E-state index contributed by atoms with van der Waals surface area (Å²) in [4.78, 5) is 2.03. The molecular weight excluding hydrogens is 536 g/mol. The normalized spacial score (nSPS) is 10.6. The van der Waals surface area contributed by atoms with Crippen molar-refractivity contribution in [2.45, 2.75) is 13.1 Å². The van der Waals surface area contributed by atoms with E-state index in [0.29, 0.717) is 18.8 Å². The highest BCUT2D eigenvalue weighted by Crippen LogP contribution is 2.31. The number of hydrogen-bond acceptors (Lipinski definition) is 3. The third kappa shape index (κ3) is 5.17. The predicted molar refractivity (Wildman–Crippen MR) is 123 cm³/mol. The lowest BCUT2D eigenvalue weighted by Gasteiger charge is -2.26. The van der Waals surface area contributed by atoms with Gasteiger partial charge in [0.15, 0.2) is 0 Å². The summed E-state index contributed by atoms with van der Waals surface area (Å²) in [6, 6.07) is 19.1. The van der Waals surface area contributed by atoms with Gasteiger partial charge < -0.3 is 14.4 Å². The van der Waals surface area contributed by atoms with Gasteiger partial charge >= 0.3 is 0 Å². The zero-order valence-corrected chi connectivity index (χ0v) is 19.3. The molecule has 0 amide bonds. The van der Waals surface area contributed by atoms with Gasteiger partial charge in [0.2, 0.25) is 0 Å². The Kier molecular flexibility index (Phi) is 7.18. The molecule has 0 bridgehead atoms. The fourth-order valence-corrected chi connectivity index (χ4v) is 3.64. The molecule has 146 valence electrons. The molecular formula is C22H20BrFINO2. The second-order valence-electron chi connectivity index (χ2n) is 6.27. The van der Waals surface area contributed by atoms with Crippen LogP contribution in [0.15, 0.2) is 65.1 Å². The fourth-order valence-electron chi connectivity index (χ4n) is 2.88. The van der Waals surface area contributed by atoms with Crippen molar-refractivity contribution in [3.05, 3.63) is 85.7 Å². The topological polar surface area (TPSA) is 21.7 Å². The van der Waals surface area contributed by atoms with E-state index < -0.39 is 0 Å². The van der Waals surface area contributed by atoms with Crippen LogP contribution >= 0.6 is 38.5 Å². The number of rotatable bonds is 7. The Morgan fingerprint density at radius 1 is 0.857 bits per heavy atom. The standard InChI is InChI=1S/C22H20BrFINO2/c1-27-17-7-3-15(4-8-17)13-26(14-16-5-9-18(28-2)10-6-16)22-11-19(23)21(25)12-20(22)24/h3-12H,13-14H2,1-2H3. The van der Waals surface area contributed by atoms with Gasteiger partial charge in [-0.15, -0.1) is 0 Å². The molecule has 0 aromatic heterocycles. The van der Waals surface area contributed by atoms with Crippen LogP contribution in [-0.4, -0.2) is 14.2 Å². The van der Waals surface area contributed by atoms with Gasteiger partial charge in [-0.05, 0) is 86.0 Å². The molecule has 0 aliphatic carbocycles. The third-order valence-corrected chi connectivity index (χ3v) is 6.69. The first-order chi connectivity index (χ1) is 13.5. The van der Waals surface area contributed by atoms with Gasteiger partial charge in [-0.1, -0.05) is 24.3 Å². The first-order valence-electron chi connectivity index (χ1n) is 8.65. The van der Waals surface area contributed by atoms with Crippen molar-refractivity contribution < 1.29 is 13.9 Å². The summed E-state index contributed by atoms with van der Waals surface area (Å²) in [5, 5.41) is 0. The van der Waals surface area contributed by atoms with Gasteiger partial charge in [0.25, 0.3) is 0 Å². The maximum Gasteiger partial charge on any atom is 0.147 e. The summed E-state index contributed by atoms with van der Waals surface area (Å²) < 4.78 is 27.0. The van der Waals surface area contributed by atoms with Crippen LogP contribution < -0.4 is 14.4 Å². The molecule has 3 aromatic carbocycles. The quantitative estimate of drug-likeness (QED) is 0.248. The monoisotopic (exact) mass is 555 g/mol. The molecule has 28 heavy (non-hydrogen) atoms. The van der Waals surface area contributed by atoms with Crippen molar-refractivity contribution >= 4 is 44.2 Å². The lowest BCUT2D eigenvalue weighted by molar-refractivity contribution is 0.414. The molecule has 0 N–H and O–H groups in total. The van der Waals surface area contributed by atoms with E-state index in [1.807, 2.05) is 59.5 Å². The molecule has 0 heterocycles. The zero-order valence-electron chi connectivity index (χ0n) is 15.6. The van der Waals surface area contributed by atoms with E-state index in [4.69, 9.17) is 9.47 Å². The first kappa shape index (κ1) is 20.9. The van der Waals surface area contributed by atoms with Crippen LogP contribution in [0, 0.1) is 9.39 Å². The van der Waals surface area contributed by atoms with Gasteiger partial charge in [-0.2, -0.15) is 0 Å². The summed E-state index contributed by atoms with van der Waals surface area (Å²) in [7, 11) is 3.28. The number of benzene rings is 3. The summed E-state index contributed by atoms with van der Waals surface area (Å²) in [5.41, 5.74) is 2.70. The highest BCUT2D eigenvalue weighted by atomic mass is 127. The molecule has 0 aliphatic rings. The van der Waals surface area contributed by atoms with E-state index >= 15 is 0 Å². The summed E-state index contributed by atoms with van der Waals surface area (Å²) >= 11 is 5.64. The average Bonchev–Trinajstić information content (AvgIpc) is 2.71. The molecule has 0 radical (unpaired) electrons. The van der Waals surface area contributed by atoms with Gasteiger partial charge in [0, 0.05) is 21.1 Å². The molecule has 0 atom stereocenters. The van der Waals surface area contributed by atoms with Gasteiger partial charge in [-0.25, -0.2) is 4.39 Å². The number of anilines is 1. The Balaban J connectivity index is 1.93. The molecule has 0 saturated carbocycles. The first-order valence-corrected chi connectivity index (χ1v) is 10.5. The Labute approximate surface area is 186 Å². The maximum atomic E-state index is 14.8. The molecule has 0 saturated heterocycles. The van der Waals surface area contributed by atoms with Crippen LogP contribution in [0.1, 0.15) is 11.1 Å². The van der Waals surface area contributed by atoms with Crippen LogP contribution in [-0.2, 0) is 13.1 Å². The molecule has 0 aliphatic heterocycles. The minimum Gasteiger partial charge on any atom is -0.497 e. The summed E-state index contributed by atoms with van der Waals surface area (Å²) in [6.45, 7) is 1.14. The van der Waals surface area contributed by atoms with E-state index in [2.05, 4.69) is 38.5 Å². The number of methoxy groups -OCH3 is 2. The van der Waals surface area contributed by atoms with Crippen molar-refractivity contribution in [2.75, 3.05) is 19.1 Å². The lowest BCUT2D eigenvalue weighted by Crippen LogP contribution is -2.23. The highest BCUT2D eigenvalue weighted by Gasteiger charge is 2.16. The Hall–Kier alpha value is -1.80. The molecule has 6 heteroatoms.